The number of aryl methyl sites for hydroxylation is 1. The van der Waals surface area contributed by atoms with E-state index in [1.807, 2.05) is 39.8 Å². The molecule has 1 amide bonds. The predicted octanol–water partition coefficient (Wildman–Crippen LogP) is 4.29. The Kier molecular flexibility index (Phi) is 5.66. The largest absolute Gasteiger partial charge is 0.481 e. The lowest BCUT2D eigenvalue weighted by Crippen LogP contribution is -2.27. The zero-order valence-electron chi connectivity index (χ0n) is 14.4. The van der Waals surface area contributed by atoms with Crippen LogP contribution in [-0.2, 0) is 4.74 Å². The Morgan fingerprint density at radius 3 is 2.42 bits per heavy atom. The maximum Gasteiger partial charge on any atom is 0.412 e. The van der Waals surface area contributed by atoms with Crippen LogP contribution < -0.4 is 10.1 Å². The van der Waals surface area contributed by atoms with Gasteiger partial charge >= 0.3 is 6.09 Å². The van der Waals surface area contributed by atoms with Gasteiger partial charge in [-0.05, 0) is 63.7 Å². The number of aromatic nitrogens is 2. The van der Waals surface area contributed by atoms with E-state index in [1.54, 1.807) is 25.3 Å². The van der Waals surface area contributed by atoms with Gasteiger partial charge in [0, 0.05) is 22.3 Å². The van der Waals surface area contributed by atoms with Crippen LogP contribution in [0.2, 0.25) is 0 Å². The molecule has 2 rings (SSSR count). The number of hydrogen-bond donors (Lipinski definition) is 1. The van der Waals surface area contributed by atoms with Crippen LogP contribution in [0.4, 0.5) is 10.5 Å². The number of carbonyl (C=O) groups excluding carboxylic acids is 1. The number of carbonyl (C=O) groups is 1. The molecule has 0 saturated carbocycles. The van der Waals surface area contributed by atoms with E-state index in [2.05, 4.69) is 15.3 Å². The van der Waals surface area contributed by atoms with Crippen LogP contribution >= 0.6 is 11.8 Å². The normalized spacial score (nSPS) is 11.0. The molecule has 1 aromatic heterocycles. The lowest BCUT2D eigenvalue weighted by Gasteiger charge is -2.19. The van der Waals surface area contributed by atoms with Crippen molar-refractivity contribution in [3.05, 3.63) is 36.0 Å². The Labute approximate surface area is 146 Å². The first-order valence-corrected chi connectivity index (χ1v) is 8.24. The van der Waals surface area contributed by atoms with E-state index in [4.69, 9.17) is 9.47 Å². The van der Waals surface area contributed by atoms with Crippen LogP contribution in [0.15, 0.2) is 40.4 Å². The fourth-order valence-electron chi connectivity index (χ4n) is 1.80. The van der Waals surface area contributed by atoms with E-state index >= 15 is 0 Å². The molecule has 6 nitrogen and oxygen atoms in total. The van der Waals surface area contributed by atoms with E-state index in [1.165, 1.54) is 11.8 Å². The molecule has 0 spiro atoms. The topological polar surface area (TPSA) is 73.3 Å². The molecule has 2 aromatic rings. The van der Waals surface area contributed by atoms with E-state index < -0.39 is 11.7 Å². The number of hydrogen-bond acceptors (Lipinski definition) is 6. The molecule has 0 radical (unpaired) electrons. The molecular formula is C17H21N3O3S. The summed E-state index contributed by atoms with van der Waals surface area (Å²) in [5.74, 6) is 0.535. The summed E-state index contributed by atoms with van der Waals surface area (Å²) in [7, 11) is 1.58. The predicted molar refractivity (Wildman–Crippen MR) is 93.7 cm³/mol. The number of ether oxygens (including phenoxy) is 2. The number of amides is 1. The number of methoxy groups -OCH3 is 1. The Bertz CT molecular complexity index is 712. The molecule has 0 bridgehead atoms. The smallest absolute Gasteiger partial charge is 0.412 e. The van der Waals surface area contributed by atoms with Crippen molar-refractivity contribution in [2.45, 2.75) is 43.3 Å². The molecule has 1 N–H and O–H groups in total. The maximum atomic E-state index is 11.7. The highest BCUT2D eigenvalue weighted by Crippen LogP contribution is 2.27. The van der Waals surface area contributed by atoms with Gasteiger partial charge in [0.05, 0.1) is 7.11 Å². The number of nitrogens with zero attached hydrogens (tertiary/aromatic N) is 2. The molecule has 7 heteroatoms. The van der Waals surface area contributed by atoms with Crippen molar-refractivity contribution in [2.24, 2.45) is 0 Å². The highest BCUT2D eigenvalue weighted by molar-refractivity contribution is 7.99. The molecule has 0 atom stereocenters. The van der Waals surface area contributed by atoms with Crippen LogP contribution in [0, 0.1) is 6.92 Å². The van der Waals surface area contributed by atoms with Crippen molar-refractivity contribution < 1.29 is 14.3 Å². The minimum Gasteiger partial charge on any atom is -0.481 e. The van der Waals surface area contributed by atoms with Crippen molar-refractivity contribution >= 4 is 23.5 Å². The van der Waals surface area contributed by atoms with E-state index in [0.717, 1.165) is 10.6 Å². The van der Waals surface area contributed by atoms with Crippen LogP contribution in [0.1, 0.15) is 26.5 Å². The van der Waals surface area contributed by atoms with Gasteiger partial charge in [0.2, 0.25) is 5.88 Å². The van der Waals surface area contributed by atoms with Gasteiger partial charge in [0.15, 0.2) is 5.16 Å². The summed E-state index contributed by atoms with van der Waals surface area (Å²) in [6.45, 7) is 7.36. The molecule has 24 heavy (non-hydrogen) atoms. The van der Waals surface area contributed by atoms with E-state index in [0.29, 0.717) is 16.7 Å². The van der Waals surface area contributed by atoms with E-state index in [-0.39, 0.29) is 0 Å². The van der Waals surface area contributed by atoms with Crippen LogP contribution in [0.25, 0.3) is 0 Å². The van der Waals surface area contributed by atoms with Crippen molar-refractivity contribution in [1.82, 2.24) is 9.97 Å². The third-order valence-corrected chi connectivity index (χ3v) is 3.60. The number of benzene rings is 1. The summed E-state index contributed by atoms with van der Waals surface area (Å²) in [5.41, 5.74) is 0.977. The van der Waals surface area contributed by atoms with Crippen LogP contribution in [-0.4, -0.2) is 28.8 Å². The summed E-state index contributed by atoms with van der Waals surface area (Å²) < 4.78 is 10.4. The molecule has 0 aliphatic heterocycles. The average Bonchev–Trinajstić information content (AvgIpc) is 2.46. The Balaban J connectivity index is 2.02. The highest BCUT2D eigenvalue weighted by Gasteiger charge is 2.16. The molecule has 0 fully saturated rings. The van der Waals surface area contributed by atoms with Gasteiger partial charge in [-0.15, -0.1) is 0 Å². The van der Waals surface area contributed by atoms with Gasteiger partial charge in [-0.3, -0.25) is 5.32 Å². The first-order valence-electron chi connectivity index (χ1n) is 7.43. The summed E-state index contributed by atoms with van der Waals surface area (Å²) in [5, 5.41) is 3.31. The van der Waals surface area contributed by atoms with Crippen LogP contribution in [0.3, 0.4) is 0 Å². The van der Waals surface area contributed by atoms with Gasteiger partial charge < -0.3 is 9.47 Å². The Hall–Kier alpha value is -2.28. The third kappa shape index (κ3) is 5.73. The second-order valence-corrected chi connectivity index (χ2v) is 7.13. The zero-order chi connectivity index (χ0) is 17.7. The fraction of sp³-hybridized carbons (Fsp3) is 0.353. The first-order chi connectivity index (χ1) is 11.2. The highest BCUT2D eigenvalue weighted by atomic mass is 32.2. The summed E-state index contributed by atoms with van der Waals surface area (Å²) in [6.07, 6.45) is -0.477. The zero-order valence-corrected chi connectivity index (χ0v) is 15.2. The van der Waals surface area contributed by atoms with Crippen LogP contribution in [0.5, 0.6) is 5.88 Å². The summed E-state index contributed by atoms with van der Waals surface area (Å²) in [6, 6.07) is 9.15. The van der Waals surface area contributed by atoms with Crippen molar-refractivity contribution in [3.63, 3.8) is 0 Å². The number of nitrogens with one attached hydrogen (secondary N) is 1. The van der Waals surface area contributed by atoms with Crippen molar-refractivity contribution in [3.8, 4) is 5.88 Å². The molecule has 0 aliphatic rings. The summed E-state index contributed by atoms with van der Waals surface area (Å²) >= 11 is 1.42. The average molecular weight is 347 g/mol. The molecule has 0 saturated heterocycles. The van der Waals surface area contributed by atoms with E-state index in [9.17, 15) is 4.79 Å². The summed E-state index contributed by atoms with van der Waals surface area (Å²) in [4.78, 5) is 21.4. The third-order valence-electron chi connectivity index (χ3n) is 2.73. The van der Waals surface area contributed by atoms with Gasteiger partial charge in [-0.25, -0.2) is 9.78 Å². The lowest BCUT2D eigenvalue weighted by atomic mass is 10.2. The fourth-order valence-corrected chi connectivity index (χ4v) is 2.61. The monoisotopic (exact) mass is 347 g/mol. The minimum atomic E-state index is -0.526. The molecule has 128 valence electrons. The minimum absolute atomic E-state index is 0.477. The molecule has 0 unspecified atom stereocenters. The van der Waals surface area contributed by atoms with Gasteiger partial charge in [-0.1, -0.05) is 0 Å². The second kappa shape index (κ2) is 7.53. The van der Waals surface area contributed by atoms with Crippen molar-refractivity contribution in [2.75, 3.05) is 12.4 Å². The Morgan fingerprint density at radius 1 is 1.17 bits per heavy atom. The number of anilines is 1. The Morgan fingerprint density at radius 2 is 1.83 bits per heavy atom. The SMILES string of the molecule is COc1cc(C)nc(Sc2ccc(NC(=O)OC(C)(C)C)cc2)n1. The molecule has 1 aromatic carbocycles. The molecular weight excluding hydrogens is 326 g/mol. The second-order valence-electron chi connectivity index (χ2n) is 6.09. The maximum absolute atomic E-state index is 11.7. The van der Waals surface area contributed by atoms with Crippen molar-refractivity contribution in [1.29, 1.82) is 0 Å². The van der Waals surface area contributed by atoms with Gasteiger partial charge in [-0.2, -0.15) is 4.98 Å². The van der Waals surface area contributed by atoms with Gasteiger partial charge in [0.25, 0.3) is 0 Å². The molecule has 1 heterocycles. The number of rotatable bonds is 4. The standard InChI is InChI=1S/C17H21N3O3S/c1-11-10-14(22-5)20-15(18-11)24-13-8-6-12(7-9-13)19-16(21)23-17(2,3)4/h6-10H,1-5H3,(H,19,21). The molecule has 0 aliphatic carbocycles. The quantitative estimate of drug-likeness (QED) is 0.832. The lowest BCUT2D eigenvalue weighted by molar-refractivity contribution is 0.0636. The first kappa shape index (κ1) is 18.1. The van der Waals surface area contributed by atoms with Gasteiger partial charge in [0.1, 0.15) is 5.60 Å².